The first-order valence-electron chi connectivity index (χ1n) is 37.6. The van der Waals surface area contributed by atoms with E-state index in [-0.39, 0.29) is 24.6 Å². The van der Waals surface area contributed by atoms with Crippen LogP contribution in [0.1, 0.15) is 44.5 Å². The average Bonchev–Trinajstić information content (AvgIpc) is 0.724. The molecule has 0 saturated heterocycles. The van der Waals surface area contributed by atoms with E-state index in [1.54, 1.807) is 18.3 Å². The maximum atomic E-state index is 13.6. The number of nitrogens with one attached hydrogen (secondary N) is 1. The first-order valence-corrected chi connectivity index (χ1v) is 37.6. The fraction of sp³-hybridized carbons (Fsp3) is 0.0777. The second-order valence-corrected chi connectivity index (χ2v) is 28.9. The molecule has 0 amide bonds. The fourth-order valence-electron chi connectivity index (χ4n) is 15.4. The Kier molecular flexibility index (Phi) is 22.4. The molecule has 0 fully saturated rings. The number of pyridine rings is 1. The summed E-state index contributed by atoms with van der Waals surface area (Å²) in [4.78, 5) is 7.80. The molecule has 18 rings (SSSR count). The van der Waals surface area contributed by atoms with Gasteiger partial charge in [-0.1, -0.05) is 194 Å². The second-order valence-electron chi connectivity index (χ2n) is 28.9. The molecular weight excluding hydrogens is 1430 g/mol. The number of hydrogen-bond donors (Lipinski definition) is 0. The van der Waals surface area contributed by atoms with Crippen LogP contribution < -0.4 is 49.2 Å². The summed E-state index contributed by atoms with van der Waals surface area (Å²) in [5.74, 6) is -8.07. The molecule has 0 radical (unpaired) electrons. The predicted molar refractivity (Wildman–Crippen MR) is 459 cm³/mol. The fourth-order valence-corrected chi connectivity index (χ4v) is 15.4. The molecule has 0 aliphatic heterocycles. The zero-order valence-corrected chi connectivity index (χ0v) is 65.3. The summed E-state index contributed by atoms with van der Waals surface area (Å²) < 4.78 is 54.5. The van der Waals surface area contributed by atoms with E-state index in [1.165, 1.54) is 176 Å². The van der Waals surface area contributed by atoms with Crippen LogP contribution in [-0.2, 0) is 0 Å². The van der Waals surface area contributed by atoms with Gasteiger partial charge in [-0.05, 0) is 277 Å². The van der Waals surface area contributed by atoms with Gasteiger partial charge in [-0.2, -0.15) is 21.0 Å². The zero-order chi connectivity index (χ0) is 80.5. The number of nitriles is 4. The molecule has 0 bridgehead atoms. The van der Waals surface area contributed by atoms with Crippen LogP contribution in [-0.4, -0.2) is 0 Å². The summed E-state index contributed by atoms with van der Waals surface area (Å²) in [6, 6.07) is 108. The van der Waals surface area contributed by atoms with Gasteiger partial charge in [-0.15, -0.1) is 0 Å². The summed E-state index contributed by atoms with van der Waals surface area (Å²) >= 11 is 0. The Hall–Kier alpha value is -14.4. The molecule has 0 aliphatic rings. The first kappa shape index (κ1) is 78.3. The molecule has 1 heterocycles. The van der Waals surface area contributed by atoms with E-state index in [4.69, 9.17) is 21.0 Å². The van der Waals surface area contributed by atoms with Gasteiger partial charge in [0.2, 0.25) is 5.52 Å². The van der Waals surface area contributed by atoms with Gasteiger partial charge in [0.1, 0.15) is 35.4 Å². The number of para-hydroxylation sites is 1. The van der Waals surface area contributed by atoms with Crippen LogP contribution in [0.5, 0.6) is 5.75 Å². The third-order valence-electron chi connectivity index (χ3n) is 22.0. The quantitative estimate of drug-likeness (QED) is 0.0485. The van der Waals surface area contributed by atoms with Crippen molar-refractivity contribution in [3.05, 3.63) is 370 Å². The Morgan fingerprint density at radius 3 is 0.948 bits per heavy atom. The van der Waals surface area contributed by atoms with Crippen molar-refractivity contribution in [1.29, 1.82) is 21.0 Å². The normalized spacial score (nSPS) is 10.9. The summed E-state index contributed by atoms with van der Waals surface area (Å²) in [6.45, 7) is 17.6. The molecule has 17 aromatic carbocycles. The standard InChI is InChI=1S/C48H44N2.C34H22.C12F4N4.C9H7NO.Li/c1-29-9-17-39(25-33(29)5)49(40-18-10-30(2)34(6)26-40)45-23-15-37-14-22-44-46(24-16-38-13-21-43(45)47(37)48(38)44)50(41-19-11-31(3)35(7)27-41)42-20-12-32(4)36(8)28-42;1-3-11-25-21-27(19-17-23(25)9-1)33-29-13-5-7-15-31(29)34(32-16-8-6-14-30(32)33)28-20-18-24-10-2-4-12-26(24)22-28;13-9-7(5(1-17)2-18)10(14)12(16)8(11(9)15)6(3-19)4-20;11-8-5-1-3-7-4-2-6-10-9(7)8;/h9-28H,1-8H3;1-22H;;1-6,11H;/q;;;;+1. The monoisotopic (exact) mass is 1510 g/mol. The third-order valence-corrected chi connectivity index (χ3v) is 22.0. The van der Waals surface area contributed by atoms with Crippen LogP contribution in [0.2, 0.25) is 0 Å². The number of nitrogens with zero attached hydrogens (tertiary/aromatic N) is 6. The second kappa shape index (κ2) is 33.1. The van der Waals surface area contributed by atoms with Crippen molar-refractivity contribution in [2.75, 3.05) is 9.80 Å². The zero-order valence-electron chi connectivity index (χ0n) is 65.3. The van der Waals surface area contributed by atoms with Gasteiger partial charge in [0, 0.05) is 45.0 Å². The molecule has 0 atom stereocenters. The number of aryl methyl sites for hydroxylation is 8. The van der Waals surface area contributed by atoms with Crippen molar-refractivity contribution in [1.82, 2.24) is 0 Å². The van der Waals surface area contributed by atoms with E-state index in [0.29, 0.717) is 5.52 Å². The van der Waals surface area contributed by atoms with Crippen molar-refractivity contribution < 1.29 is 46.5 Å². The molecule has 0 aliphatic carbocycles. The largest absolute Gasteiger partial charge is 1.00 e. The topological polar surface area (TPSA) is 139 Å². The van der Waals surface area contributed by atoms with Crippen LogP contribution in [0.4, 0.5) is 51.7 Å². The van der Waals surface area contributed by atoms with E-state index in [0.717, 1.165) is 29.7 Å². The number of halogens is 4. The molecule has 13 heteroatoms. The Morgan fingerprint density at radius 1 is 0.302 bits per heavy atom. The van der Waals surface area contributed by atoms with Crippen molar-refractivity contribution in [2.45, 2.75) is 55.4 Å². The molecule has 0 spiro atoms. The Bertz CT molecular complexity index is 6690. The molecule has 554 valence electrons. The number of H-pyrrole nitrogens is 1. The van der Waals surface area contributed by atoms with Gasteiger partial charge in [-0.3, -0.25) is 0 Å². The summed E-state index contributed by atoms with van der Waals surface area (Å²) in [5, 5.41) is 60.9. The van der Waals surface area contributed by atoms with Crippen LogP contribution >= 0.6 is 0 Å². The van der Waals surface area contributed by atoms with Gasteiger partial charge in [0.15, 0.2) is 29.5 Å². The van der Waals surface area contributed by atoms with Crippen LogP contribution in [0.3, 0.4) is 0 Å². The number of aromatic nitrogens is 1. The average molecular weight is 1510 g/mol. The molecule has 116 heavy (non-hydrogen) atoms. The number of rotatable bonds is 8. The number of aromatic amines is 1. The molecule has 1 aromatic heterocycles. The van der Waals surface area contributed by atoms with Crippen LogP contribution in [0.25, 0.3) is 120 Å². The molecule has 1 N–H and O–H groups in total. The van der Waals surface area contributed by atoms with E-state index in [1.807, 2.05) is 18.2 Å². The molecular formula is C103H73F4LiN7O+. The summed E-state index contributed by atoms with van der Waals surface area (Å²) in [5.41, 5.74) is 20.8. The van der Waals surface area contributed by atoms with Gasteiger partial charge < -0.3 is 14.9 Å². The first-order chi connectivity index (χ1) is 55.8. The van der Waals surface area contributed by atoms with Crippen molar-refractivity contribution in [3.63, 3.8) is 0 Å². The van der Waals surface area contributed by atoms with E-state index in [2.05, 4.69) is 325 Å². The molecule has 8 nitrogen and oxygen atoms in total. The minimum absolute atomic E-state index is 0. The van der Waals surface area contributed by atoms with Gasteiger partial charge in [0.05, 0.1) is 21.8 Å². The van der Waals surface area contributed by atoms with Crippen molar-refractivity contribution in [3.8, 4) is 52.3 Å². The Morgan fingerprint density at radius 2 is 0.612 bits per heavy atom. The minimum atomic E-state index is -2.03. The SMILES string of the molecule is Cc1ccc(N(c2ccc(C)c(C)c2)c2ccc3ccc4c(N(c5ccc(C)c(C)c5)c5ccc(C)c(C)c5)ccc5ccc2c3c54)cc1C.N#CC(C#N)=c1c(F)c(F)c(=C(C#N)C#N)c(F)c1F.[Li+].[O-]c1cccc2ccc[nH+]c12.c1ccc2cc(-c3c4ccccc4c(-c4ccc5ccccc5c4)c4ccccc34)ccc2c1. The predicted octanol–water partition coefficient (Wildman–Crippen LogP) is 22.0. The maximum absolute atomic E-state index is 13.6. The maximum Gasteiger partial charge on any atom is 1.00 e. The summed E-state index contributed by atoms with van der Waals surface area (Å²) in [7, 11) is 0. The van der Waals surface area contributed by atoms with Crippen molar-refractivity contribution in [2.24, 2.45) is 0 Å². The van der Waals surface area contributed by atoms with Crippen LogP contribution in [0.15, 0.2) is 291 Å². The minimum Gasteiger partial charge on any atom is -0.868 e. The Labute approximate surface area is 681 Å². The number of fused-ring (bicyclic) bond motifs is 5. The smallest absolute Gasteiger partial charge is 0.868 e. The van der Waals surface area contributed by atoms with E-state index >= 15 is 0 Å². The number of hydrogen-bond acceptors (Lipinski definition) is 7. The van der Waals surface area contributed by atoms with Crippen molar-refractivity contribution >= 4 is 132 Å². The van der Waals surface area contributed by atoms with Gasteiger partial charge in [0.25, 0.3) is 0 Å². The molecule has 0 saturated carbocycles. The van der Waals surface area contributed by atoms with E-state index < -0.39 is 44.9 Å². The van der Waals surface area contributed by atoms with Gasteiger partial charge >= 0.3 is 18.9 Å². The molecule has 18 aromatic rings. The Balaban J connectivity index is 0.000000144. The van der Waals surface area contributed by atoms with E-state index in [9.17, 15) is 22.7 Å². The number of anilines is 6. The number of benzene rings is 17. The van der Waals surface area contributed by atoms with Gasteiger partial charge in [-0.25, -0.2) is 22.5 Å². The molecule has 0 unspecified atom stereocenters. The van der Waals surface area contributed by atoms with Crippen LogP contribution in [0, 0.1) is 124 Å². The summed E-state index contributed by atoms with van der Waals surface area (Å²) in [6.07, 6.45) is 1.75. The third kappa shape index (κ3) is 14.7.